The lowest BCUT2D eigenvalue weighted by atomic mass is 10.1. The topological polar surface area (TPSA) is 78.1 Å². The van der Waals surface area contributed by atoms with Gasteiger partial charge in [0.05, 0.1) is 17.8 Å². The molecule has 1 fully saturated rings. The lowest BCUT2D eigenvalue weighted by molar-refractivity contribution is -0.126. The van der Waals surface area contributed by atoms with Gasteiger partial charge in [-0.3, -0.25) is 14.6 Å². The van der Waals surface area contributed by atoms with E-state index in [0.29, 0.717) is 13.1 Å². The van der Waals surface area contributed by atoms with Gasteiger partial charge in [-0.15, -0.1) is 0 Å². The van der Waals surface area contributed by atoms with E-state index in [1.165, 1.54) is 10.9 Å². The Morgan fingerprint density at radius 1 is 1.27 bits per heavy atom. The Bertz CT molecular complexity index is 935. The molecule has 6 heteroatoms. The third kappa shape index (κ3) is 3.18. The molecule has 3 heterocycles. The zero-order valence-corrected chi connectivity index (χ0v) is 14.3. The van der Waals surface area contributed by atoms with Crippen LogP contribution in [0.5, 0.6) is 0 Å². The Kier molecular flexibility index (Phi) is 4.39. The molecular weight excluding hydrogens is 328 g/mol. The van der Waals surface area contributed by atoms with E-state index in [1.807, 2.05) is 30.5 Å². The molecule has 6 nitrogen and oxygen atoms in total. The van der Waals surface area contributed by atoms with Crippen LogP contribution in [0.2, 0.25) is 0 Å². The third-order valence-corrected chi connectivity index (χ3v) is 4.82. The Labute approximate surface area is 151 Å². The van der Waals surface area contributed by atoms with Gasteiger partial charge >= 0.3 is 0 Å². The van der Waals surface area contributed by atoms with Crippen LogP contribution >= 0.6 is 0 Å². The summed E-state index contributed by atoms with van der Waals surface area (Å²) in [4.78, 5) is 33.6. The zero-order valence-electron chi connectivity index (χ0n) is 14.3. The number of aromatic nitrogens is 2. The molecule has 2 N–H and O–H groups in total. The van der Waals surface area contributed by atoms with Gasteiger partial charge in [0.2, 0.25) is 11.8 Å². The molecule has 2 amide bonds. The molecule has 0 aliphatic carbocycles. The predicted molar refractivity (Wildman–Crippen MR) is 99.7 cm³/mol. The number of benzene rings is 1. The van der Waals surface area contributed by atoms with Crippen LogP contribution in [0.1, 0.15) is 12.0 Å². The van der Waals surface area contributed by atoms with Gasteiger partial charge < -0.3 is 15.2 Å². The fourth-order valence-electron chi connectivity index (χ4n) is 3.45. The van der Waals surface area contributed by atoms with E-state index in [4.69, 9.17) is 0 Å². The summed E-state index contributed by atoms with van der Waals surface area (Å²) in [5.74, 6) is -0.412. The summed E-state index contributed by atoms with van der Waals surface area (Å²) in [6.07, 6.45) is 6.30. The van der Waals surface area contributed by atoms with Crippen molar-refractivity contribution in [1.82, 2.24) is 15.3 Å². The number of hydrogen-bond donors (Lipinski definition) is 2. The molecule has 0 saturated carbocycles. The van der Waals surface area contributed by atoms with Crippen molar-refractivity contribution >= 4 is 28.4 Å². The van der Waals surface area contributed by atoms with Gasteiger partial charge in [0.1, 0.15) is 0 Å². The van der Waals surface area contributed by atoms with E-state index in [9.17, 15) is 9.59 Å². The number of para-hydroxylation sites is 1. The molecule has 132 valence electrons. The molecule has 1 atom stereocenters. The summed E-state index contributed by atoms with van der Waals surface area (Å²) < 4.78 is 0. The number of carbonyl (C=O) groups is 2. The monoisotopic (exact) mass is 348 g/mol. The highest BCUT2D eigenvalue weighted by atomic mass is 16.2. The number of carbonyl (C=O) groups excluding carboxylic acids is 2. The first-order valence-electron chi connectivity index (χ1n) is 8.75. The first-order valence-corrected chi connectivity index (χ1v) is 8.75. The first-order chi connectivity index (χ1) is 12.7. The summed E-state index contributed by atoms with van der Waals surface area (Å²) in [6, 6.07) is 11.7. The molecule has 1 saturated heterocycles. The number of anilines is 1. The molecule has 1 unspecified atom stereocenters. The van der Waals surface area contributed by atoms with Gasteiger partial charge in [0, 0.05) is 42.8 Å². The van der Waals surface area contributed by atoms with E-state index in [2.05, 4.69) is 21.4 Å². The highest BCUT2D eigenvalue weighted by Crippen LogP contribution is 2.24. The maximum absolute atomic E-state index is 12.4. The van der Waals surface area contributed by atoms with E-state index >= 15 is 0 Å². The van der Waals surface area contributed by atoms with Crippen LogP contribution < -0.4 is 10.2 Å². The molecule has 26 heavy (non-hydrogen) atoms. The minimum atomic E-state index is -0.314. The average Bonchev–Trinajstić information content (AvgIpc) is 3.26. The highest BCUT2D eigenvalue weighted by molar-refractivity contribution is 6.00. The van der Waals surface area contributed by atoms with Crippen LogP contribution in [0.25, 0.3) is 10.9 Å². The maximum Gasteiger partial charge on any atom is 0.227 e. The van der Waals surface area contributed by atoms with E-state index in [1.54, 1.807) is 23.4 Å². The Morgan fingerprint density at radius 2 is 2.15 bits per heavy atom. The van der Waals surface area contributed by atoms with Crippen molar-refractivity contribution in [2.45, 2.75) is 12.8 Å². The average molecular weight is 348 g/mol. The normalized spacial score (nSPS) is 17.0. The number of pyridine rings is 1. The largest absolute Gasteiger partial charge is 0.361 e. The second-order valence-electron chi connectivity index (χ2n) is 6.52. The fraction of sp³-hybridized carbons (Fsp3) is 0.250. The Hall–Kier alpha value is -3.15. The summed E-state index contributed by atoms with van der Waals surface area (Å²) in [5.41, 5.74) is 3.02. The van der Waals surface area contributed by atoms with Gasteiger partial charge in [0.15, 0.2) is 0 Å². The number of hydrogen-bond acceptors (Lipinski definition) is 3. The van der Waals surface area contributed by atoms with Crippen molar-refractivity contribution in [3.63, 3.8) is 0 Å². The number of amides is 2. The molecule has 1 aliphatic heterocycles. The van der Waals surface area contributed by atoms with Crippen molar-refractivity contribution in [1.29, 1.82) is 0 Å². The van der Waals surface area contributed by atoms with Crippen LogP contribution in [0.3, 0.4) is 0 Å². The van der Waals surface area contributed by atoms with Crippen molar-refractivity contribution in [3.8, 4) is 0 Å². The number of rotatable bonds is 5. The Balaban J connectivity index is 1.33. The van der Waals surface area contributed by atoms with Gasteiger partial charge in [0.25, 0.3) is 0 Å². The van der Waals surface area contributed by atoms with E-state index in [0.717, 1.165) is 17.6 Å². The van der Waals surface area contributed by atoms with E-state index < -0.39 is 0 Å². The molecular formula is C20H20N4O2. The molecule has 4 rings (SSSR count). The quantitative estimate of drug-likeness (QED) is 0.742. The minimum absolute atomic E-state index is 0.0326. The third-order valence-electron chi connectivity index (χ3n) is 4.82. The van der Waals surface area contributed by atoms with Gasteiger partial charge in [-0.05, 0) is 30.2 Å². The van der Waals surface area contributed by atoms with Gasteiger partial charge in [-0.25, -0.2) is 0 Å². The second-order valence-corrected chi connectivity index (χ2v) is 6.52. The van der Waals surface area contributed by atoms with Crippen molar-refractivity contribution in [3.05, 3.63) is 60.6 Å². The lowest BCUT2D eigenvalue weighted by Crippen LogP contribution is -2.34. The zero-order chi connectivity index (χ0) is 17.9. The van der Waals surface area contributed by atoms with Crippen LogP contribution in [0, 0.1) is 5.92 Å². The van der Waals surface area contributed by atoms with Gasteiger partial charge in [-0.1, -0.05) is 18.2 Å². The van der Waals surface area contributed by atoms with Crippen molar-refractivity contribution in [2.24, 2.45) is 5.92 Å². The van der Waals surface area contributed by atoms with Crippen LogP contribution in [-0.2, 0) is 16.0 Å². The molecule has 1 aromatic carbocycles. The molecule has 0 radical (unpaired) electrons. The van der Waals surface area contributed by atoms with Crippen LogP contribution in [-0.4, -0.2) is 34.9 Å². The summed E-state index contributed by atoms with van der Waals surface area (Å²) in [7, 11) is 0. The first kappa shape index (κ1) is 16.3. The smallest absolute Gasteiger partial charge is 0.227 e. The number of fused-ring (bicyclic) bond motifs is 1. The number of nitrogens with one attached hydrogen (secondary N) is 2. The molecule has 2 aromatic heterocycles. The van der Waals surface area contributed by atoms with E-state index in [-0.39, 0.29) is 24.2 Å². The highest BCUT2D eigenvalue weighted by Gasteiger charge is 2.35. The van der Waals surface area contributed by atoms with Gasteiger partial charge in [-0.2, -0.15) is 0 Å². The number of H-pyrrole nitrogens is 1. The SMILES string of the molecule is O=C(NCCc1c[nH]c2ccccc12)C1CC(=O)N(c2cccnc2)C1. The Morgan fingerprint density at radius 3 is 3.00 bits per heavy atom. The molecule has 3 aromatic rings. The molecule has 0 spiro atoms. The fourth-order valence-corrected chi connectivity index (χ4v) is 3.45. The predicted octanol–water partition coefficient (Wildman–Crippen LogP) is 2.27. The van der Waals surface area contributed by atoms with Crippen LogP contribution in [0.4, 0.5) is 5.69 Å². The minimum Gasteiger partial charge on any atom is -0.361 e. The summed E-state index contributed by atoms with van der Waals surface area (Å²) in [5, 5.41) is 4.15. The standard InChI is InChI=1S/C20H20N4O2/c25-19-10-15(13-24(19)16-4-3-8-21-12-16)20(26)22-9-7-14-11-23-18-6-2-1-5-17(14)18/h1-6,8,11-12,15,23H,7,9-10,13H2,(H,22,26). The van der Waals surface area contributed by atoms with Crippen LogP contribution in [0.15, 0.2) is 55.0 Å². The lowest BCUT2D eigenvalue weighted by Gasteiger charge is -2.16. The summed E-state index contributed by atoms with van der Waals surface area (Å²) >= 11 is 0. The van der Waals surface area contributed by atoms with Crippen molar-refractivity contribution < 1.29 is 9.59 Å². The van der Waals surface area contributed by atoms with Crippen molar-refractivity contribution in [2.75, 3.05) is 18.0 Å². The second kappa shape index (κ2) is 7.00. The maximum atomic E-state index is 12.4. The molecule has 0 bridgehead atoms. The molecule has 1 aliphatic rings. The number of aromatic amines is 1. The summed E-state index contributed by atoms with van der Waals surface area (Å²) in [6.45, 7) is 0.960. The number of nitrogens with zero attached hydrogens (tertiary/aromatic N) is 2.